The van der Waals surface area contributed by atoms with E-state index in [9.17, 15) is 0 Å². The van der Waals surface area contributed by atoms with Crippen LogP contribution in [0.4, 0.5) is 5.95 Å². The van der Waals surface area contributed by atoms with Gasteiger partial charge >= 0.3 is 0 Å². The number of fused-ring (bicyclic) bond motifs is 2. The van der Waals surface area contributed by atoms with Crippen LogP contribution in [-0.4, -0.2) is 24.6 Å². The topological polar surface area (TPSA) is 82.0 Å². The summed E-state index contributed by atoms with van der Waals surface area (Å²) in [5.74, 6) is 0.955. The van der Waals surface area contributed by atoms with E-state index in [2.05, 4.69) is 21.1 Å². The number of rotatable bonds is 2. The molecule has 0 radical (unpaired) electrons. The molecule has 6 heteroatoms. The maximum absolute atomic E-state index is 5.66. The summed E-state index contributed by atoms with van der Waals surface area (Å²) in [6.45, 7) is 0. The molecule has 0 atom stereocenters. The number of hydrogen-bond donors (Lipinski definition) is 1. The Morgan fingerprint density at radius 2 is 2.14 bits per heavy atom. The highest BCUT2D eigenvalue weighted by Crippen LogP contribution is 2.41. The summed E-state index contributed by atoms with van der Waals surface area (Å²) in [6.07, 6.45) is 11.1. The molecular weight excluding hydrogens is 276 g/mol. The van der Waals surface area contributed by atoms with Gasteiger partial charge in [-0.1, -0.05) is 6.08 Å². The van der Waals surface area contributed by atoms with Crippen molar-refractivity contribution >= 4 is 17.2 Å². The molecule has 2 N–H and O–H groups in total. The molecule has 0 aromatic carbocycles. The Labute approximate surface area is 128 Å². The van der Waals surface area contributed by atoms with E-state index in [1.54, 1.807) is 6.20 Å². The van der Waals surface area contributed by atoms with E-state index in [-0.39, 0.29) is 1.43 Å². The molecule has 3 heterocycles. The Bertz CT molecular complexity index is 941. The van der Waals surface area contributed by atoms with Gasteiger partial charge in [-0.05, 0) is 24.8 Å². The quantitative estimate of drug-likeness (QED) is 0.783. The van der Waals surface area contributed by atoms with Crippen LogP contribution in [0.2, 0.25) is 0 Å². The fourth-order valence-electron chi connectivity index (χ4n) is 3.08. The van der Waals surface area contributed by atoms with Gasteiger partial charge in [-0.25, -0.2) is 19.5 Å². The molecule has 6 nitrogen and oxygen atoms in total. The highest BCUT2D eigenvalue weighted by Gasteiger charge is 2.28. The molecule has 2 aliphatic carbocycles. The third-order valence-electron chi connectivity index (χ3n) is 4.37. The number of nitrogens with zero attached hydrogens (tertiary/aromatic N) is 5. The first-order chi connectivity index (χ1) is 10.8. The molecule has 2 aliphatic rings. The van der Waals surface area contributed by atoms with Gasteiger partial charge in [-0.2, -0.15) is 5.10 Å². The van der Waals surface area contributed by atoms with E-state index in [1.165, 1.54) is 18.4 Å². The van der Waals surface area contributed by atoms with E-state index < -0.39 is 0 Å². The fourth-order valence-corrected chi connectivity index (χ4v) is 3.08. The minimum Gasteiger partial charge on any atom is -0.368 e. The van der Waals surface area contributed by atoms with Crippen LogP contribution in [-0.2, 0) is 6.42 Å². The number of anilines is 1. The van der Waals surface area contributed by atoms with Gasteiger partial charge in [-0.3, -0.25) is 0 Å². The van der Waals surface area contributed by atoms with Crippen LogP contribution in [0.25, 0.3) is 11.2 Å². The van der Waals surface area contributed by atoms with Crippen LogP contribution in [0.5, 0.6) is 0 Å². The lowest BCUT2D eigenvalue weighted by Gasteiger charge is -2.06. The van der Waals surface area contributed by atoms with Crippen molar-refractivity contribution in [1.29, 1.82) is 0 Å². The number of nitrogen functional groups attached to an aromatic ring is 1. The van der Waals surface area contributed by atoms with Crippen LogP contribution < -0.4 is 5.73 Å². The number of allylic oxidation sites excluding steroid dienone is 1. The maximum Gasteiger partial charge on any atom is 0.220 e. The summed E-state index contributed by atoms with van der Waals surface area (Å²) in [7, 11) is 0. The predicted molar refractivity (Wildman–Crippen MR) is 84.3 cm³/mol. The van der Waals surface area contributed by atoms with E-state index in [0.717, 1.165) is 34.6 Å². The van der Waals surface area contributed by atoms with E-state index in [1.807, 2.05) is 23.0 Å². The Hall–Kier alpha value is -2.76. The minimum atomic E-state index is 0. The average molecular weight is 292 g/mol. The lowest BCUT2D eigenvalue weighted by Crippen LogP contribution is -2.01. The number of hydrogen-bond acceptors (Lipinski definition) is 5. The zero-order valence-corrected chi connectivity index (χ0v) is 11.9. The van der Waals surface area contributed by atoms with Crippen molar-refractivity contribution in [2.45, 2.75) is 25.2 Å². The van der Waals surface area contributed by atoms with Gasteiger partial charge in [-0.15, -0.1) is 0 Å². The zero-order valence-electron chi connectivity index (χ0n) is 11.9. The number of aromatic nitrogens is 5. The molecule has 22 heavy (non-hydrogen) atoms. The lowest BCUT2D eigenvalue weighted by molar-refractivity contribution is 0.935. The average Bonchev–Trinajstić information content (AvgIpc) is 3.15. The van der Waals surface area contributed by atoms with Crippen LogP contribution in [0.1, 0.15) is 42.7 Å². The monoisotopic (exact) mass is 292 g/mol. The normalized spacial score (nSPS) is 16.8. The Morgan fingerprint density at radius 3 is 3.00 bits per heavy atom. The molecule has 3 aromatic rings. The van der Waals surface area contributed by atoms with Gasteiger partial charge in [0.15, 0.2) is 5.65 Å². The van der Waals surface area contributed by atoms with Gasteiger partial charge in [0.1, 0.15) is 0 Å². The molecule has 0 saturated heterocycles. The first kappa shape index (κ1) is 11.9. The Kier molecular flexibility index (Phi) is 2.22. The van der Waals surface area contributed by atoms with Crippen molar-refractivity contribution in [1.82, 2.24) is 24.6 Å². The highest BCUT2D eigenvalue weighted by atomic mass is 15.2. The van der Waals surface area contributed by atoms with Crippen LogP contribution in [0, 0.1) is 0 Å². The second kappa shape index (κ2) is 4.13. The molecule has 0 aliphatic heterocycles. The summed E-state index contributed by atoms with van der Waals surface area (Å²) in [5.41, 5.74) is 11.9. The van der Waals surface area contributed by atoms with Crippen molar-refractivity contribution in [2.75, 3.05) is 5.73 Å². The fraction of sp³-hybridized carbons (Fsp3) is 0.250. The van der Waals surface area contributed by atoms with Crippen molar-refractivity contribution in [3.05, 3.63) is 53.2 Å². The summed E-state index contributed by atoms with van der Waals surface area (Å²) in [4.78, 5) is 13.3. The smallest absolute Gasteiger partial charge is 0.220 e. The van der Waals surface area contributed by atoms with Crippen LogP contribution in [0.15, 0.2) is 30.7 Å². The second-order valence-corrected chi connectivity index (χ2v) is 5.87. The number of nitrogens with two attached hydrogens (primary N) is 1. The zero-order chi connectivity index (χ0) is 14.7. The van der Waals surface area contributed by atoms with Crippen LogP contribution in [0.3, 0.4) is 0 Å². The molecule has 0 unspecified atom stereocenters. The summed E-state index contributed by atoms with van der Waals surface area (Å²) >= 11 is 0. The predicted octanol–water partition coefficient (Wildman–Crippen LogP) is 2.21. The van der Waals surface area contributed by atoms with Crippen LogP contribution >= 0.6 is 0 Å². The SMILES string of the molecule is Nc1ncc2c(n1)CC=C2c1ccn2ncc(C3CC3)c2n1.[HH]. The van der Waals surface area contributed by atoms with Crippen molar-refractivity contribution in [2.24, 2.45) is 0 Å². The molecule has 1 fully saturated rings. The second-order valence-electron chi connectivity index (χ2n) is 5.87. The summed E-state index contributed by atoms with van der Waals surface area (Å²) < 4.78 is 1.85. The highest BCUT2D eigenvalue weighted by molar-refractivity contribution is 5.82. The van der Waals surface area contributed by atoms with E-state index >= 15 is 0 Å². The molecule has 1 saturated carbocycles. The molecule has 5 rings (SSSR count). The Balaban J connectivity index is 0.00000135. The molecule has 0 bridgehead atoms. The largest absolute Gasteiger partial charge is 0.368 e. The third-order valence-corrected chi connectivity index (χ3v) is 4.37. The maximum atomic E-state index is 5.66. The first-order valence-electron chi connectivity index (χ1n) is 7.46. The van der Waals surface area contributed by atoms with E-state index in [4.69, 9.17) is 10.7 Å². The van der Waals surface area contributed by atoms with Gasteiger partial charge < -0.3 is 5.73 Å². The summed E-state index contributed by atoms with van der Waals surface area (Å²) in [6, 6.07) is 1.99. The van der Waals surface area contributed by atoms with Gasteiger partial charge in [0.05, 0.1) is 17.6 Å². The minimum absolute atomic E-state index is 0. The first-order valence-corrected chi connectivity index (χ1v) is 7.46. The molecule has 0 spiro atoms. The van der Waals surface area contributed by atoms with E-state index in [0.29, 0.717) is 11.9 Å². The standard InChI is InChI=1S/C16H14N6.H2/c17-16-18-7-12-10(3-4-13(12)21-16)14-5-6-22-15(20-14)11(8-19-22)9-1-2-9;/h3,5-9H,1-2,4H2,(H2,17,18,21);1H. The van der Waals surface area contributed by atoms with Crippen molar-refractivity contribution < 1.29 is 1.43 Å². The molecule has 110 valence electrons. The van der Waals surface area contributed by atoms with Gasteiger partial charge in [0.25, 0.3) is 0 Å². The Morgan fingerprint density at radius 1 is 1.23 bits per heavy atom. The molecular formula is C16H16N6. The third kappa shape index (κ3) is 1.67. The summed E-state index contributed by atoms with van der Waals surface area (Å²) in [5, 5.41) is 4.40. The van der Waals surface area contributed by atoms with Crippen molar-refractivity contribution in [3.8, 4) is 0 Å². The van der Waals surface area contributed by atoms with Crippen molar-refractivity contribution in [3.63, 3.8) is 0 Å². The molecule has 0 amide bonds. The van der Waals surface area contributed by atoms with Gasteiger partial charge in [0, 0.05) is 36.9 Å². The lowest BCUT2D eigenvalue weighted by atomic mass is 10.1. The van der Waals surface area contributed by atoms with Gasteiger partial charge in [0.2, 0.25) is 5.95 Å². The molecule has 3 aromatic heterocycles.